The van der Waals surface area contributed by atoms with Crippen LogP contribution < -0.4 is 10.0 Å². The summed E-state index contributed by atoms with van der Waals surface area (Å²) in [6, 6.07) is 7.07. The summed E-state index contributed by atoms with van der Waals surface area (Å²) in [6.45, 7) is 3.45. The van der Waals surface area contributed by atoms with Crippen molar-refractivity contribution in [1.29, 1.82) is 0 Å². The van der Waals surface area contributed by atoms with Crippen LogP contribution in [0.15, 0.2) is 60.0 Å². The molecule has 1 unspecified atom stereocenters. The van der Waals surface area contributed by atoms with E-state index in [4.69, 9.17) is 16.7 Å². The minimum absolute atomic E-state index is 0.0934. The van der Waals surface area contributed by atoms with Gasteiger partial charge in [0.15, 0.2) is 0 Å². The van der Waals surface area contributed by atoms with Gasteiger partial charge >= 0.3 is 0 Å². The van der Waals surface area contributed by atoms with Gasteiger partial charge in [0.1, 0.15) is 11.1 Å². The molecule has 1 aliphatic rings. The normalized spacial score (nSPS) is 16.1. The maximum absolute atomic E-state index is 13.1. The third kappa shape index (κ3) is 4.77. The van der Waals surface area contributed by atoms with E-state index in [9.17, 15) is 32.9 Å². The van der Waals surface area contributed by atoms with Gasteiger partial charge in [-0.1, -0.05) is 17.7 Å². The molecule has 0 aromatic heterocycles. The van der Waals surface area contributed by atoms with Gasteiger partial charge in [-0.2, -0.15) is 0 Å². The topological polar surface area (TPSA) is 161 Å². The molecule has 11 nitrogen and oxygen atoms in total. The molecule has 0 spiro atoms. The van der Waals surface area contributed by atoms with Crippen LogP contribution in [0.1, 0.15) is 16.8 Å². The van der Waals surface area contributed by atoms with E-state index < -0.39 is 44.4 Å². The summed E-state index contributed by atoms with van der Waals surface area (Å²) in [5.41, 5.74) is -0.469. The summed E-state index contributed by atoms with van der Waals surface area (Å²) in [6.07, 6.45) is 1.01. The molecule has 1 fully saturated rings. The van der Waals surface area contributed by atoms with E-state index in [2.05, 4.69) is 6.58 Å². The molecule has 1 aliphatic heterocycles. The van der Waals surface area contributed by atoms with Crippen molar-refractivity contribution in [2.45, 2.75) is 17.4 Å². The highest BCUT2D eigenvalue weighted by Gasteiger charge is 2.44. The summed E-state index contributed by atoms with van der Waals surface area (Å²) in [5.74, 6) is -2.06. The van der Waals surface area contributed by atoms with E-state index in [0.717, 1.165) is 28.0 Å². The molecule has 1 heterocycles. The number of rotatable bonds is 7. The van der Waals surface area contributed by atoms with E-state index in [-0.39, 0.29) is 34.1 Å². The number of anilines is 1. The standard InChI is InChI=1S/C20H17ClN4O7S/c1-2-9-23(19(27)12-3-8-15(21)16(10-12)25(29)30)17-11-18(26)24(20(17)28)13-4-6-14(7-5-13)33(22,31)32/h2-8,10,17H,1,9,11H2,(H2,22,31,32). The summed E-state index contributed by atoms with van der Waals surface area (Å²) >= 11 is 5.80. The Hall–Kier alpha value is -3.61. The molecule has 33 heavy (non-hydrogen) atoms. The Balaban J connectivity index is 1.93. The highest BCUT2D eigenvalue weighted by molar-refractivity contribution is 7.89. The van der Waals surface area contributed by atoms with Crippen LogP contribution in [0.25, 0.3) is 0 Å². The van der Waals surface area contributed by atoms with Crippen LogP contribution in [0.4, 0.5) is 11.4 Å². The minimum Gasteiger partial charge on any atom is -0.322 e. The number of benzene rings is 2. The van der Waals surface area contributed by atoms with E-state index in [1.54, 1.807) is 0 Å². The lowest BCUT2D eigenvalue weighted by atomic mass is 10.1. The summed E-state index contributed by atoms with van der Waals surface area (Å²) < 4.78 is 22.9. The van der Waals surface area contributed by atoms with Crippen molar-refractivity contribution in [2.24, 2.45) is 5.14 Å². The fourth-order valence-electron chi connectivity index (χ4n) is 3.36. The number of nitrogens with two attached hydrogens (primary N) is 1. The number of nitrogens with zero attached hydrogens (tertiary/aromatic N) is 3. The molecule has 0 saturated carbocycles. The number of carbonyl (C=O) groups is 3. The van der Waals surface area contributed by atoms with Crippen LogP contribution in [0, 0.1) is 10.1 Å². The maximum Gasteiger partial charge on any atom is 0.288 e. The van der Waals surface area contributed by atoms with Crippen molar-refractivity contribution >= 4 is 50.7 Å². The van der Waals surface area contributed by atoms with Gasteiger partial charge in [0.25, 0.3) is 17.5 Å². The molecule has 0 aliphatic carbocycles. The van der Waals surface area contributed by atoms with Crippen molar-refractivity contribution in [3.05, 3.63) is 75.8 Å². The number of imide groups is 1. The first-order valence-corrected chi connectivity index (χ1v) is 11.2. The van der Waals surface area contributed by atoms with Crippen molar-refractivity contribution in [1.82, 2.24) is 4.90 Å². The molecule has 0 radical (unpaired) electrons. The predicted octanol–water partition coefficient (Wildman–Crippen LogP) is 1.86. The van der Waals surface area contributed by atoms with Gasteiger partial charge in [0.2, 0.25) is 15.9 Å². The van der Waals surface area contributed by atoms with E-state index in [1.807, 2.05) is 0 Å². The molecule has 1 atom stereocenters. The van der Waals surface area contributed by atoms with Crippen LogP contribution >= 0.6 is 11.6 Å². The van der Waals surface area contributed by atoms with Gasteiger partial charge < -0.3 is 4.90 Å². The third-order valence-corrected chi connectivity index (χ3v) is 6.15. The van der Waals surface area contributed by atoms with Gasteiger partial charge in [-0.25, -0.2) is 18.5 Å². The van der Waals surface area contributed by atoms with Crippen molar-refractivity contribution in [3.8, 4) is 0 Å². The Morgan fingerprint density at radius 2 is 1.91 bits per heavy atom. The first-order valence-electron chi connectivity index (χ1n) is 9.31. The highest BCUT2D eigenvalue weighted by atomic mass is 35.5. The Labute approximate surface area is 193 Å². The molecule has 172 valence electrons. The van der Waals surface area contributed by atoms with Crippen molar-refractivity contribution < 1.29 is 27.7 Å². The minimum atomic E-state index is -3.97. The fourth-order valence-corrected chi connectivity index (χ4v) is 4.06. The molecule has 1 saturated heterocycles. The quantitative estimate of drug-likeness (QED) is 0.267. The fraction of sp³-hybridized carbons (Fsp3) is 0.150. The number of carbonyl (C=O) groups excluding carboxylic acids is 3. The summed E-state index contributed by atoms with van der Waals surface area (Å²) in [7, 11) is -3.97. The number of hydrogen-bond acceptors (Lipinski definition) is 7. The number of nitro groups is 1. The zero-order chi connectivity index (χ0) is 24.5. The number of halogens is 1. The van der Waals surface area contributed by atoms with Crippen molar-refractivity contribution in [3.63, 3.8) is 0 Å². The Bertz CT molecular complexity index is 1280. The third-order valence-electron chi connectivity index (χ3n) is 4.90. The molecule has 2 N–H and O–H groups in total. The Morgan fingerprint density at radius 1 is 1.27 bits per heavy atom. The van der Waals surface area contributed by atoms with Gasteiger partial charge in [-0.15, -0.1) is 6.58 Å². The summed E-state index contributed by atoms with van der Waals surface area (Å²) in [5, 5.41) is 16.1. The van der Waals surface area contributed by atoms with Crippen LogP contribution in [-0.2, 0) is 19.6 Å². The number of nitro benzene ring substituents is 1. The maximum atomic E-state index is 13.1. The van der Waals surface area contributed by atoms with Crippen molar-refractivity contribution in [2.75, 3.05) is 11.4 Å². The van der Waals surface area contributed by atoms with E-state index in [0.29, 0.717) is 0 Å². The van der Waals surface area contributed by atoms with E-state index >= 15 is 0 Å². The number of hydrogen-bond donors (Lipinski definition) is 1. The predicted molar refractivity (Wildman–Crippen MR) is 118 cm³/mol. The second-order valence-electron chi connectivity index (χ2n) is 7.00. The van der Waals surface area contributed by atoms with Gasteiger partial charge in [-0.05, 0) is 36.4 Å². The highest BCUT2D eigenvalue weighted by Crippen LogP contribution is 2.29. The number of amides is 3. The number of sulfonamides is 1. The molecule has 3 amide bonds. The monoisotopic (exact) mass is 492 g/mol. The SMILES string of the molecule is C=CCN(C(=O)c1ccc(Cl)c([N+](=O)[O-])c1)C1CC(=O)N(c2ccc(S(N)(=O)=O)cc2)C1=O. The van der Waals surface area contributed by atoms with Crippen LogP contribution in [0.3, 0.4) is 0 Å². The van der Waals surface area contributed by atoms with Gasteiger partial charge in [0, 0.05) is 18.2 Å². The lowest BCUT2D eigenvalue weighted by molar-refractivity contribution is -0.384. The second-order valence-corrected chi connectivity index (χ2v) is 8.96. The lowest BCUT2D eigenvalue weighted by Gasteiger charge is -2.26. The Morgan fingerprint density at radius 3 is 2.45 bits per heavy atom. The lowest BCUT2D eigenvalue weighted by Crippen LogP contribution is -2.45. The first kappa shape index (κ1) is 24.0. The smallest absolute Gasteiger partial charge is 0.288 e. The zero-order valence-electron chi connectivity index (χ0n) is 16.9. The number of primary sulfonamides is 1. The van der Waals surface area contributed by atoms with Crippen LogP contribution in [-0.4, -0.2) is 48.5 Å². The van der Waals surface area contributed by atoms with Crippen LogP contribution in [0.5, 0.6) is 0 Å². The molecule has 0 bridgehead atoms. The molecule has 3 rings (SSSR count). The van der Waals surface area contributed by atoms with Gasteiger partial charge in [-0.3, -0.25) is 24.5 Å². The molecular formula is C20H17ClN4O7S. The van der Waals surface area contributed by atoms with Gasteiger partial charge in [0.05, 0.1) is 21.9 Å². The first-order chi connectivity index (χ1) is 15.5. The average Bonchev–Trinajstić information content (AvgIpc) is 3.04. The van der Waals surface area contributed by atoms with Crippen LogP contribution in [0.2, 0.25) is 5.02 Å². The van der Waals surface area contributed by atoms with E-state index in [1.165, 1.54) is 30.3 Å². The molecule has 2 aromatic carbocycles. The molecule has 2 aromatic rings. The molecular weight excluding hydrogens is 476 g/mol. The summed E-state index contributed by atoms with van der Waals surface area (Å²) in [4.78, 5) is 51.0. The largest absolute Gasteiger partial charge is 0.322 e. The Kier molecular flexibility index (Phi) is 6.63. The second kappa shape index (κ2) is 9.10. The average molecular weight is 493 g/mol. The zero-order valence-corrected chi connectivity index (χ0v) is 18.5. The molecule has 13 heteroatoms.